The van der Waals surface area contributed by atoms with E-state index >= 15 is 0 Å². The van der Waals surface area contributed by atoms with Crippen LogP contribution in [-0.4, -0.2) is 5.97 Å². The molecule has 0 radical (unpaired) electrons. The minimum atomic E-state index is -4.61. The van der Waals surface area contributed by atoms with Gasteiger partial charge in [-0.05, 0) is 42.0 Å². The van der Waals surface area contributed by atoms with Gasteiger partial charge in [-0.15, -0.1) is 0 Å². The smallest absolute Gasteiger partial charge is 0.416 e. The van der Waals surface area contributed by atoms with Crippen LogP contribution < -0.4 is 4.74 Å². The van der Waals surface area contributed by atoms with Crippen LogP contribution in [-0.2, 0) is 22.3 Å². The number of ether oxygens (including phenoxy) is 2. The quantitative estimate of drug-likeness (QED) is 0.306. The molecule has 160 valence electrons. The lowest BCUT2D eigenvalue weighted by Gasteiger charge is -2.08. The molecule has 3 nitrogen and oxygen atoms in total. The summed E-state index contributed by atoms with van der Waals surface area (Å²) in [5.41, 5.74) is -0.397. The van der Waals surface area contributed by atoms with Gasteiger partial charge in [-0.3, -0.25) is 4.79 Å². The third-order valence-corrected chi connectivity index (χ3v) is 4.19. The van der Waals surface area contributed by atoms with E-state index in [1.54, 1.807) is 24.3 Å². The molecule has 0 amide bonds. The first-order valence-corrected chi connectivity index (χ1v) is 9.32. The van der Waals surface area contributed by atoms with Crippen LogP contribution in [0.4, 0.5) is 17.6 Å². The Balaban J connectivity index is 1.51. The predicted molar refractivity (Wildman–Crippen MR) is 108 cm³/mol. The number of benzene rings is 3. The highest BCUT2D eigenvalue weighted by atomic mass is 19.4. The van der Waals surface area contributed by atoms with E-state index in [0.29, 0.717) is 17.6 Å². The van der Waals surface area contributed by atoms with E-state index in [1.165, 1.54) is 12.2 Å². The van der Waals surface area contributed by atoms with Crippen LogP contribution >= 0.6 is 0 Å². The maximum Gasteiger partial charge on any atom is 0.416 e. The summed E-state index contributed by atoms with van der Waals surface area (Å²) in [5, 5.41) is 0. The van der Waals surface area contributed by atoms with Gasteiger partial charge in [0.2, 0.25) is 0 Å². The molecule has 0 aliphatic carbocycles. The molecule has 0 aliphatic rings. The summed E-state index contributed by atoms with van der Waals surface area (Å²) >= 11 is 0. The third-order valence-electron chi connectivity index (χ3n) is 4.19. The molecule has 0 saturated heterocycles. The number of carbonyl (C=O) groups excluding carboxylic acids is 1. The summed E-state index contributed by atoms with van der Waals surface area (Å²) in [6, 6.07) is 18.5. The van der Waals surface area contributed by atoms with Gasteiger partial charge in [0, 0.05) is 5.56 Å². The van der Waals surface area contributed by atoms with E-state index in [2.05, 4.69) is 0 Å². The van der Waals surface area contributed by atoms with Crippen molar-refractivity contribution in [2.24, 2.45) is 0 Å². The number of hydrogen-bond donors (Lipinski definition) is 0. The molecule has 0 atom stereocenters. The SMILES string of the molecule is O=C(C/C=C/c1ccc(C(F)(F)F)cc1F)OCc1cccc(Oc2ccccc2)c1. The van der Waals surface area contributed by atoms with Crippen LogP contribution in [0, 0.1) is 5.82 Å². The molecule has 0 N–H and O–H groups in total. The molecule has 31 heavy (non-hydrogen) atoms. The summed E-state index contributed by atoms with van der Waals surface area (Å²) in [4.78, 5) is 11.9. The van der Waals surface area contributed by atoms with E-state index in [0.717, 1.165) is 17.7 Å². The average molecular weight is 430 g/mol. The van der Waals surface area contributed by atoms with E-state index in [9.17, 15) is 22.4 Å². The van der Waals surface area contributed by atoms with Gasteiger partial charge < -0.3 is 9.47 Å². The van der Waals surface area contributed by atoms with Gasteiger partial charge in [0.25, 0.3) is 0 Å². The Morgan fingerprint density at radius 1 is 0.903 bits per heavy atom. The zero-order valence-electron chi connectivity index (χ0n) is 16.2. The fourth-order valence-corrected chi connectivity index (χ4v) is 2.67. The van der Waals surface area contributed by atoms with Gasteiger partial charge in [-0.25, -0.2) is 4.39 Å². The Bertz CT molecular complexity index is 1060. The molecule has 3 aromatic carbocycles. The number of hydrogen-bond acceptors (Lipinski definition) is 3. The van der Waals surface area contributed by atoms with Crippen LogP contribution in [0.3, 0.4) is 0 Å². The summed E-state index contributed by atoms with van der Waals surface area (Å²) in [5.74, 6) is -0.303. The molecular weight excluding hydrogens is 412 g/mol. The average Bonchev–Trinajstić information content (AvgIpc) is 2.74. The summed E-state index contributed by atoms with van der Waals surface area (Å²) in [6.07, 6.45) is -2.19. The van der Waals surface area contributed by atoms with Crippen LogP contribution in [0.15, 0.2) is 78.9 Å². The van der Waals surface area contributed by atoms with Crippen molar-refractivity contribution in [3.8, 4) is 11.5 Å². The molecule has 3 aromatic rings. The normalized spacial score (nSPS) is 11.5. The van der Waals surface area contributed by atoms with Gasteiger partial charge in [0.1, 0.15) is 23.9 Å². The molecule has 0 unspecified atom stereocenters. The minimum Gasteiger partial charge on any atom is -0.461 e. The summed E-state index contributed by atoms with van der Waals surface area (Å²) in [7, 11) is 0. The van der Waals surface area contributed by atoms with E-state index in [4.69, 9.17) is 9.47 Å². The van der Waals surface area contributed by atoms with Gasteiger partial charge in [-0.1, -0.05) is 48.6 Å². The van der Waals surface area contributed by atoms with E-state index in [-0.39, 0.29) is 18.6 Å². The van der Waals surface area contributed by atoms with E-state index in [1.807, 2.05) is 30.3 Å². The zero-order chi connectivity index (χ0) is 22.3. The highest BCUT2D eigenvalue weighted by molar-refractivity contribution is 5.72. The molecule has 0 aromatic heterocycles. The largest absolute Gasteiger partial charge is 0.461 e. The van der Waals surface area contributed by atoms with Crippen molar-refractivity contribution >= 4 is 12.0 Å². The zero-order valence-corrected chi connectivity index (χ0v) is 16.2. The molecule has 3 rings (SSSR count). The third kappa shape index (κ3) is 6.70. The lowest BCUT2D eigenvalue weighted by Crippen LogP contribution is -2.05. The van der Waals surface area contributed by atoms with Crippen LogP contribution in [0.25, 0.3) is 6.08 Å². The highest BCUT2D eigenvalue weighted by Gasteiger charge is 2.30. The molecule has 0 aliphatic heterocycles. The summed E-state index contributed by atoms with van der Waals surface area (Å²) < 4.78 is 62.4. The topological polar surface area (TPSA) is 35.5 Å². The first-order valence-electron chi connectivity index (χ1n) is 9.32. The number of esters is 1. The Morgan fingerprint density at radius 2 is 1.65 bits per heavy atom. The van der Waals surface area contributed by atoms with Crippen LogP contribution in [0.1, 0.15) is 23.1 Å². The minimum absolute atomic E-state index is 0.0211. The predicted octanol–water partition coefficient (Wildman–Crippen LogP) is 6.78. The second-order valence-corrected chi connectivity index (χ2v) is 6.56. The van der Waals surface area contributed by atoms with Gasteiger partial charge in [-0.2, -0.15) is 13.2 Å². The Hall–Kier alpha value is -3.61. The van der Waals surface area contributed by atoms with Crippen molar-refractivity contribution < 1.29 is 31.8 Å². The Morgan fingerprint density at radius 3 is 2.35 bits per heavy atom. The van der Waals surface area contributed by atoms with Gasteiger partial charge in [0.05, 0.1) is 12.0 Å². The first kappa shape index (κ1) is 22.1. The Labute approximate surface area is 176 Å². The lowest BCUT2D eigenvalue weighted by molar-refractivity contribution is -0.144. The molecule has 0 fully saturated rings. The number of halogens is 4. The van der Waals surface area contributed by atoms with Crippen LogP contribution in [0.5, 0.6) is 11.5 Å². The number of carbonyl (C=O) groups is 1. The fraction of sp³-hybridized carbons (Fsp3) is 0.125. The maximum absolute atomic E-state index is 13.8. The van der Waals surface area contributed by atoms with Gasteiger partial charge >= 0.3 is 12.1 Å². The van der Waals surface area contributed by atoms with Crippen molar-refractivity contribution in [1.29, 1.82) is 0 Å². The second kappa shape index (κ2) is 9.93. The summed E-state index contributed by atoms with van der Waals surface area (Å²) in [6.45, 7) is 0.0211. The molecule has 7 heteroatoms. The number of rotatable bonds is 7. The fourth-order valence-electron chi connectivity index (χ4n) is 2.67. The van der Waals surface area contributed by atoms with Crippen molar-refractivity contribution in [3.63, 3.8) is 0 Å². The van der Waals surface area contributed by atoms with Crippen molar-refractivity contribution in [2.45, 2.75) is 19.2 Å². The maximum atomic E-state index is 13.8. The van der Waals surface area contributed by atoms with E-state index < -0.39 is 23.5 Å². The number of para-hydroxylation sites is 1. The van der Waals surface area contributed by atoms with Crippen molar-refractivity contribution in [1.82, 2.24) is 0 Å². The lowest BCUT2D eigenvalue weighted by atomic mass is 10.1. The van der Waals surface area contributed by atoms with Crippen molar-refractivity contribution in [3.05, 3.63) is 101 Å². The molecule has 0 saturated carbocycles. The standard InChI is InChI=1S/C24H18F4O3/c25-22-15-19(24(26,27)28)13-12-18(22)7-5-11-23(29)30-16-17-6-4-10-21(14-17)31-20-8-2-1-3-9-20/h1-10,12-15H,11,16H2/b7-5+. The van der Waals surface area contributed by atoms with Crippen LogP contribution in [0.2, 0.25) is 0 Å². The number of alkyl halides is 3. The monoisotopic (exact) mass is 430 g/mol. The van der Waals surface area contributed by atoms with Crippen molar-refractivity contribution in [2.75, 3.05) is 0 Å². The first-order chi connectivity index (χ1) is 14.8. The molecule has 0 bridgehead atoms. The molecule has 0 spiro atoms. The second-order valence-electron chi connectivity index (χ2n) is 6.56. The van der Waals surface area contributed by atoms with Gasteiger partial charge in [0.15, 0.2) is 0 Å². The molecular formula is C24H18F4O3. The highest BCUT2D eigenvalue weighted by Crippen LogP contribution is 2.30. The Kier molecular flexibility index (Phi) is 7.07. The molecule has 0 heterocycles.